The Morgan fingerprint density at radius 1 is 1.29 bits per heavy atom. The number of hydrogen-bond donors (Lipinski definition) is 1. The Hall–Kier alpha value is -1.54. The number of carbonyl (C=O) groups is 1. The zero-order valence-corrected chi connectivity index (χ0v) is 15.2. The normalized spacial score (nSPS) is 26.6. The van der Waals surface area contributed by atoms with Crippen LogP contribution in [-0.2, 0) is 16.4 Å². The van der Waals surface area contributed by atoms with E-state index in [1.54, 1.807) is 4.90 Å². The van der Waals surface area contributed by atoms with Gasteiger partial charge in [-0.3, -0.25) is 4.90 Å². The van der Waals surface area contributed by atoms with Crippen LogP contribution >= 0.6 is 0 Å². The second-order valence-corrected chi connectivity index (χ2v) is 9.15. The van der Waals surface area contributed by atoms with Crippen molar-refractivity contribution in [2.24, 2.45) is 0 Å². The summed E-state index contributed by atoms with van der Waals surface area (Å²) in [6, 6.07) is 3.21. The molecular weight excluding hydrogens is 330 g/mol. The van der Waals surface area contributed by atoms with Crippen LogP contribution in [0.5, 0.6) is 0 Å². The number of hydrogen-bond acceptors (Lipinski definition) is 5. The third-order valence-electron chi connectivity index (χ3n) is 4.62. The van der Waals surface area contributed by atoms with Gasteiger partial charge in [0.05, 0.1) is 24.1 Å². The Labute approximate surface area is 142 Å². The molecule has 8 heteroatoms. The fourth-order valence-electron chi connectivity index (χ4n) is 3.57. The van der Waals surface area contributed by atoms with Gasteiger partial charge in [0.15, 0.2) is 9.84 Å². The maximum absolute atomic E-state index is 12.4. The number of furan rings is 1. The van der Waals surface area contributed by atoms with Gasteiger partial charge in [0.1, 0.15) is 11.5 Å². The van der Waals surface area contributed by atoms with Crippen molar-refractivity contribution < 1.29 is 17.6 Å². The third-order valence-corrected chi connectivity index (χ3v) is 6.32. The molecule has 3 rings (SSSR count). The zero-order chi connectivity index (χ0) is 17.5. The van der Waals surface area contributed by atoms with Crippen LogP contribution in [0.25, 0.3) is 0 Å². The lowest BCUT2D eigenvalue weighted by Gasteiger charge is -2.43. The van der Waals surface area contributed by atoms with E-state index in [0.717, 1.165) is 11.5 Å². The minimum absolute atomic E-state index is 0.0260. The van der Waals surface area contributed by atoms with Gasteiger partial charge in [-0.05, 0) is 32.9 Å². The number of fused-ring (bicyclic) bond motifs is 1. The van der Waals surface area contributed by atoms with Crippen LogP contribution < -0.4 is 5.32 Å². The van der Waals surface area contributed by atoms with Crippen molar-refractivity contribution in [3.8, 4) is 0 Å². The van der Waals surface area contributed by atoms with Gasteiger partial charge < -0.3 is 14.6 Å². The van der Waals surface area contributed by atoms with Gasteiger partial charge in [-0.1, -0.05) is 0 Å². The fraction of sp³-hybridized carbons (Fsp3) is 0.688. The van der Waals surface area contributed by atoms with Crippen molar-refractivity contribution in [3.05, 3.63) is 23.7 Å². The summed E-state index contributed by atoms with van der Waals surface area (Å²) >= 11 is 0. The topological polar surface area (TPSA) is 82.9 Å². The van der Waals surface area contributed by atoms with Crippen molar-refractivity contribution in [1.29, 1.82) is 0 Å². The average Bonchev–Trinajstić information content (AvgIpc) is 3.00. The Morgan fingerprint density at radius 3 is 2.62 bits per heavy atom. The van der Waals surface area contributed by atoms with Crippen LogP contribution in [0.2, 0.25) is 0 Å². The molecule has 1 N–H and O–H groups in total. The summed E-state index contributed by atoms with van der Waals surface area (Å²) in [5, 5.41) is 2.88. The minimum Gasteiger partial charge on any atom is -0.465 e. The molecule has 2 aliphatic rings. The smallest absolute Gasteiger partial charge is 0.317 e. The lowest BCUT2D eigenvalue weighted by Crippen LogP contribution is -2.62. The van der Waals surface area contributed by atoms with Crippen LogP contribution in [-0.4, -0.2) is 67.0 Å². The average molecular weight is 355 g/mol. The quantitative estimate of drug-likeness (QED) is 0.874. The number of amides is 2. The zero-order valence-electron chi connectivity index (χ0n) is 14.4. The lowest BCUT2D eigenvalue weighted by molar-refractivity contribution is 0.0556. The van der Waals surface area contributed by atoms with E-state index in [1.165, 1.54) is 0 Å². The Balaban J connectivity index is 1.78. The van der Waals surface area contributed by atoms with E-state index < -0.39 is 9.84 Å². The van der Waals surface area contributed by atoms with Crippen molar-refractivity contribution in [1.82, 2.24) is 15.1 Å². The highest BCUT2D eigenvalue weighted by Gasteiger charge is 2.48. The maximum atomic E-state index is 12.4. The monoisotopic (exact) mass is 355 g/mol. The predicted octanol–water partition coefficient (Wildman–Crippen LogP) is 0.989. The molecule has 0 aliphatic carbocycles. The maximum Gasteiger partial charge on any atom is 0.317 e. The van der Waals surface area contributed by atoms with Gasteiger partial charge in [-0.25, -0.2) is 13.2 Å². The molecule has 2 aliphatic heterocycles. The number of nitrogens with one attached hydrogen (secondary N) is 1. The highest BCUT2D eigenvalue weighted by molar-refractivity contribution is 7.91. The Kier molecular flexibility index (Phi) is 4.61. The molecule has 0 spiro atoms. The summed E-state index contributed by atoms with van der Waals surface area (Å²) in [6.45, 7) is 7.42. The van der Waals surface area contributed by atoms with Crippen molar-refractivity contribution >= 4 is 15.9 Å². The summed E-state index contributed by atoms with van der Waals surface area (Å²) in [7, 11) is -3.14. The summed E-state index contributed by atoms with van der Waals surface area (Å²) in [6.07, 6.45) is 0. The van der Waals surface area contributed by atoms with Gasteiger partial charge in [0, 0.05) is 25.2 Å². The first-order chi connectivity index (χ1) is 11.2. The van der Waals surface area contributed by atoms with E-state index in [4.69, 9.17) is 4.42 Å². The van der Waals surface area contributed by atoms with Gasteiger partial charge in [-0.15, -0.1) is 0 Å². The first kappa shape index (κ1) is 17.3. The van der Waals surface area contributed by atoms with Gasteiger partial charge in [0.25, 0.3) is 0 Å². The standard InChI is InChI=1S/C16H25N3O4S/c1-11(2)17-16(20)19-7-6-18(8-13-5-4-12(3)23-13)14-9-24(21,22)10-15(14)19/h4-5,11,14-15H,6-10H2,1-3H3,(H,17,20)/t14-,15+/m0/s1. The highest BCUT2D eigenvalue weighted by Crippen LogP contribution is 2.28. The van der Waals surface area contributed by atoms with Gasteiger partial charge in [0.2, 0.25) is 0 Å². The molecule has 0 unspecified atom stereocenters. The SMILES string of the molecule is Cc1ccc(CN2CCN(C(=O)NC(C)C)[C@@H]3CS(=O)(=O)C[C@@H]32)o1. The number of sulfone groups is 1. The molecule has 1 aromatic heterocycles. The Bertz CT molecular complexity index is 713. The summed E-state index contributed by atoms with van der Waals surface area (Å²) < 4.78 is 30.0. The molecule has 0 saturated carbocycles. The van der Waals surface area contributed by atoms with E-state index in [9.17, 15) is 13.2 Å². The lowest BCUT2D eigenvalue weighted by atomic mass is 10.0. The summed E-state index contributed by atoms with van der Waals surface area (Å²) in [5.74, 6) is 1.81. The van der Waals surface area contributed by atoms with Crippen LogP contribution in [0.4, 0.5) is 4.79 Å². The van der Waals surface area contributed by atoms with Crippen molar-refractivity contribution in [2.75, 3.05) is 24.6 Å². The molecule has 134 valence electrons. The number of rotatable bonds is 3. The van der Waals surface area contributed by atoms with Crippen molar-refractivity contribution in [3.63, 3.8) is 0 Å². The molecule has 2 atom stereocenters. The first-order valence-electron chi connectivity index (χ1n) is 8.32. The van der Waals surface area contributed by atoms with Crippen molar-refractivity contribution in [2.45, 2.75) is 45.4 Å². The van der Waals surface area contributed by atoms with Gasteiger partial charge >= 0.3 is 6.03 Å². The second-order valence-electron chi connectivity index (χ2n) is 6.99. The fourth-order valence-corrected chi connectivity index (χ4v) is 5.59. The number of nitrogens with zero attached hydrogens (tertiary/aromatic N) is 2. The van der Waals surface area contributed by atoms with E-state index in [1.807, 2.05) is 32.9 Å². The van der Waals surface area contributed by atoms with E-state index in [-0.39, 0.29) is 35.7 Å². The second kappa shape index (κ2) is 6.40. The number of carbonyl (C=O) groups excluding carboxylic acids is 1. The molecule has 0 bridgehead atoms. The molecule has 3 heterocycles. The minimum atomic E-state index is -3.14. The number of piperazine rings is 1. The predicted molar refractivity (Wildman–Crippen MR) is 90.5 cm³/mol. The Morgan fingerprint density at radius 2 is 2.00 bits per heavy atom. The van der Waals surface area contributed by atoms with Crippen LogP contribution in [0.3, 0.4) is 0 Å². The molecule has 0 aromatic carbocycles. The third kappa shape index (κ3) is 3.59. The number of aryl methyl sites for hydroxylation is 1. The summed E-state index contributed by atoms with van der Waals surface area (Å²) in [4.78, 5) is 16.2. The number of urea groups is 1. The van der Waals surface area contributed by atoms with E-state index >= 15 is 0 Å². The molecule has 0 radical (unpaired) electrons. The largest absolute Gasteiger partial charge is 0.465 e. The van der Waals surface area contributed by atoms with Crippen LogP contribution in [0.1, 0.15) is 25.4 Å². The van der Waals surface area contributed by atoms with Crippen LogP contribution in [0, 0.1) is 6.92 Å². The molecule has 1 aromatic rings. The van der Waals surface area contributed by atoms with Crippen LogP contribution in [0.15, 0.2) is 16.5 Å². The molecule has 2 saturated heterocycles. The summed E-state index contributed by atoms with van der Waals surface area (Å²) in [5.41, 5.74) is 0. The molecule has 7 nitrogen and oxygen atoms in total. The molecule has 2 fully saturated rings. The van der Waals surface area contributed by atoms with Gasteiger partial charge in [-0.2, -0.15) is 0 Å². The molecular formula is C16H25N3O4S. The molecule has 2 amide bonds. The molecule has 24 heavy (non-hydrogen) atoms. The highest BCUT2D eigenvalue weighted by atomic mass is 32.2. The van der Waals surface area contributed by atoms with E-state index in [0.29, 0.717) is 19.6 Å². The van der Waals surface area contributed by atoms with E-state index in [2.05, 4.69) is 10.2 Å². The first-order valence-corrected chi connectivity index (χ1v) is 10.1.